The van der Waals surface area contributed by atoms with Gasteiger partial charge in [0.15, 0.2) is 8.32 Å². The number of nitrogens with zero attached hydrogens (tertiary/aromatic N) is 3. The Kier molecular flexibility index (Phi) is 8.98. The molecule has 3 heterocycles. The Labute approximate surface area is 231 Å². The van der Waals surface area contributed by atoms with E-state index in [0.29, 0.717) is 23.5 Å². The molecule has 1 aliphatic heterocycles. The molecule has 1 aliphatic rings. The van der Waals surface area contributed by atoms with Crippen molar-refractivity contribution < 1.29 is 13.9 Å². The summed E-state index contributed by atoms with van der Waals surface area (Å²) in [7, 11) is -1.74. The number of likely N-dealkylation sites (tertiary alicyclic amines) is 1. The van der Waals surface area contributed by atoms with Crippen molar-refractivity contribution in [2.45, 2.75) is 58.0 Å². The second-order valence-electron chi connectivity index (χ2n) is 11.3. The summed E-state index contributed by atoms with van der Waals surface area (Å²) in [6.45, 7) is 15.2. The molecule has 0 amide bonds. The third-order valence-electron chi connectivity index (χ3n) is 7.35. The molecule has 204 valence electrons. The van der Waals surface area contributed by atoms with Gasteiger partial charge in [-0.2, -0.15) is 0 Å². The van der Waals surface area contributed by atoms with E-state index >= 15 is 0 Å². The van der Waals surface area contributed by atoms with Crippen LogP contribution < -0.4 is 15.0 Å². The molecule has 3 aromatic rings. The van der Waals surface area contributed by atoms with Crippen LogP contribution in [0.4, 0.5) is 0 Å². The number of halogens is 1. The van der Waals surface area contributed by atoms with Crippen LogP contribution in [0.3, 0.4) is 0 Å². The highest BCUT2D eigenvalue weighted by Gasteiger charge is 2.40. The van der Waals surface area contributed by atoms with Crippen molar-refractivity contribution >= 4 is 19.9 Å². The van der Waals surface area contributed by atoms with Gasteiger partial charge in [-0.25, -0.2) is 0 Å². The lowest BCUT2D eigenvalue weighted by Crippen LogP contribution is -2.44. The number of aromatic nitrogens is 2. The molecule has 0 N–H and O–H groups in total. The summed E-state index contributed by atoms with van der Waals surface area (Å²) < 4.78 is 19.8. The summed E-state index contributed by atoms with van der Waals surface area (Å²) in [4.78, 5) is 19.3. The quantitative estimate of drug-likeness (QED) is 0.288. The Balaban J connectivity index is 1.24. The number of hydrogen-bond acceptors (Lipinski definition) is 6. The number of ether oxygens (including phenoxy) is 2. The molecule has 0 aliphatic carbocycles. The Morgan fingerprint density at radius 1 is 1.05 bits per heavy atom. The number of rotatable bonds is 10. The molecular formula is C29H38ClN3O4Si. The fourth-order valence-corrected chi connectivity index (χ4v) is 5.59. The van der Waals surface area contributed by atoms with E-state index in [1.807, 2.05) is 24.3 Å². The number of benzene rings is 1. The third-order valence-corrected chi connectivity index (χ3v) is 12.1. The highest BCUT2D eigenvalue weighted by Crippen LogP contribution is 2.38. The van der Waals surface area contributed by atoms with E-state index in [9.17, 15) is 4.79 Å². The van der Waals surface area contributed by atoms with E-state index in [4.69, 9.17) is 25.5 Å². The second-order valence-corrected chi connectivity index (χ2v) is 16.5. The molecule has 0 bridgehead atoms. The van der Waals surface area contributed by atoms with Crippen molar-refractivity contribution in [2.24, 2.45) is 0 Å². The van der Waals surface area contributed by atoms with Crippen LogP contribution in [0.1, 0.15) is 32.9 Å². The van der Waals surface area contributed by atoms with Gasteiger partial charge >= 0.3 is 0 Å². The zero-order valence-corrected chi connectivity index (χ0v) is 24.7. The maximum atomic E-state index is 12.7. The Morgan fingerprint density at radius 3 is 2.47 bits per heavy atom. The van der Waals surface area contributed by atoms with Crippen molar-refractivity contribution in [3.8, 4) is 17.2 Å². The molecular weight excluding hydrogens is 518 g/mol. The first-order valence-electron chi connectivity index (χ1n) is 13.1. The predicted molar refractivity (Wildman–Crippen MR) is 154 cm³/mol. The minimum absolute atomic E-state index is 0.177. The van der Waals surface area contributed by atoms with Gasteiger partial charge in [-0.15, -0.1) is 0 Å². The molecule has 9 heteroatoms. The van der Waals surface area contributed by atoms with Crippen LogP contribution in [0.5, 0.6) is 11.5 Å². The fraction of sp³-hybridized carbons (Fsp3) is 0.448. The van der Waals surface area contributed by atoms with Crippen molar-refractivity contribution in [1.82, 2.24) is 14.5 Å². The van der Waals surface area contributed by atoms with Gasteiger partial charge in [-0.3, -0.25) is 19.2 Å². The predicted octanol–water partition coefficient (Wildman–Crippen LogP) is 5.94. The SMILES string of the molecule is CC(C)(C)[Si](C)(C)O[C@@H]1CCN(CCOc2ccc(-n3ccc(OCc4ccc(Cl)cn4)cc3=O)cc2)C1. The highest BCUT2D eigenvalue weighted by molar-refractivity contribution is 6.74. The second kappa shape index (κ2) is 12.0. The molecule has 0 unspecified atom stereocenters. The molecule has 38 heavy (non-hydrogen) atoms. The molecule has 0 radical (unpaired) electrons. The highest BCUT2D eigenvalue weighted by atomic mass is 35.5. The van der Waals surface area contributed by atoms with Crippen LogP contribution in [-0.2, 0) is 11.0 Å². The van der Waals surface area contributed by atoms with E-state index in [1.54, 1.807) is 35.2 Å². The van der Waals surface area contributed by atoms with Crippen LogP contribution in [0.15, 0.2) is 65.7 Å². The van der Waals surface area contributed by atoms with Gasteiger partial charge in [-0.05, 0) is 67.0 Å². The van der Waals surface area contributed by atoms with E-state index in [-0.39, 0.29) is 17.2 Å². The lowest BCUT2D eigenvalue weighted by molar-refractivity contribution is 0.172. The van der Waals surface area contributed by atoms with Gasteiger partial charge in [0.05, 0.1) is 16.8 Å². The Hall–Kier alpha value is -2.65. The zero-order valence-electron chi connectivity index (χ0n) is 22.9. The van der Waals surface area contributed by atoms with Gasteiger partial charge < -0.3 is 13.9 Å². The van der Waals surface area contributed by atoms with Crippen LogP contribution in [-0.4, -0.2) is 55.1 Å². The van der Waals surface area contributed by atoms with Gasteiger partial charge in [0.2, 0.25) is 0 Å². The molecule has 4 rings (SSSR count). The molecule has 2 aromatic heterocycles. The number of hydrogen-bond donors (Lipinski definition) is 0. The standard InChI is InChI=1S/C29H38ClN3O4Si/c1-29(2,3)38(4,5)37-27-12-14-32(20-27)16-17-35-25-10-8-24(9-11-25)33-15-13-26(18-28(33)34)36-21-23-7-6-22(30)19-31-23/h6-11,13,15,18-19,27H,12,14,16-17,20-21H2,1-5H3/t27-/m1/s1. The van der Waals surface area contributed by atoms with Crippen LogP contribution in [0.2, 0.25) is 23.2 Å². The van der Waals surface area contributed by atoms with Crippen molar-refractivity contribution in [3.05, 3.63) is 82.0 Å². The average molecular weight is 556 g/mol. The summed E-state index contributed by atoms with van der Waals surface area (Å²) in [5.74, 6) is 1.27. The van der Waals surface area contributed by atoms with Crippen molar-refractivity contribution in [2.75, 3.05) is 26.2 Å². The summed E-state index contributed by atoms with van der Waals surface area (Å²) in [6.07, 6.45) is 4.68. The van der Waals surface area contributed by atoms with E-state index in [0.717, 1.165) is 43.2 Å². The normalized spacial score (nSPS) is 16.5. The van der Waals surface area contributed by atoms with E-state index < -0.39 is 8.32 Å². The van der Waals surface area contributed by atoms with Crippen molar-refractivity contribution in [1.29, 1.82) is 0 Å². The van der Waals surface area contributed by atoms with E-state index in [1.165, 1.54) is 6.07 Å². The lowest BCUT2D eigenvalue weighted by Gasteiger charge is -2.38. The minimum atomic E-state index is -1.74. The van der Waals surface area contributed by atoms with Crippen molar-refractivity contribution in [3.63, 3.8) is 0 Å². The van der Waals surface area contributed by atoms with Gasteiger partial charge in [0.25, 0.3) is 5.56 Å². The van der Waals surface area contributed by atoms with Gasteiger partial charge in [-0.1, -0.05) is 32.4 Å². The lowest BCUT2D eigenvalue weighted by atomic mass is 10.2. The van der Waals surface area contributed by atoms with Crippen LogP contribution >= 0.6 is 11.6 Å². The first-order chi connectivity index (χ1) is 18.0. The minimum Gasteiger partial charge on any atom is -0.492 e. The average Bonchev–Trinajstić information content (AvgIpc) is 3.30. The maximum absolute atomic E-state index is 12.7. The zero-order chi connectivity index (χ0) is 27.3. The Morgan fingerprint density at radius 2 is 1.82 bits per heavy atom. The molecule has 0 spiro atoms. The molecule has 1 aromatic carbocycles. The van der Waals surface area contributed by atoms with Gasteiger partial charge in [0.1, 0.15) is 24.7 Å². The maximum Gasteiger partial charge on any atom is 0.258 e. The first-order valence-corrected chi connectivity index (χ1v) is 16.4. The van der Waals surface area contributed by atoms with Crippen LogP contribution in [0.25, 0.3) is 5.69 Å². The largest absolute Gasteiger partial charge is 0.492 e. The number of pyridine rings is 2. The fourth-order valence-electron chi connectivity index (χ4n) is 4.10. The van der Waals surface area contributed by atoms with Gasteiger partial charge in [0, 0.05) is 43.8 Å². The monoisotopic (exact) mass is 555 g/mol. The summed E-state index contributed by atoms with van der Waals surface area (Å²) in [5.41, 5.74) is 1.32. The summed E-state index contributed by atoms with van der Waals surface area (Å²) >= 11 is 5.86. The first kappa shape index (κ1) is 28.4. The summed E-state index contributed by atoms with van der Waals surface area (Å²) in [5, 5.41) is 0.798. The Bertz CT molecular complexity index is 1260. The third kappa shape index (κ3) is 7.47. The molecule has 1 saturated heterocycles. The summed E-state index contributed by atoms with van der Waals surface area (Å²) in [6, 6.07) is 14.3. The smallest absolute Gasteiger partial charge is 0.258 e. The van der Waals surface area contributed by atoms with E-state index in [2.05, 4.69) is 43.7 Å². The molecule has 7 nitrogen and oxygen atoms in total. The molecule has 1 atom stereocenters. The molecule has 1 fully saturated rings. The molecule has 0 saturated carbocycles. The topological polar surface area (TPSA) is 65.8 Å². The van der Waals surface area contributed by atoms with Crippen LogP contribution in [0, 0.1) is 0 Å².